The topological polar surface area (TPSA) is 89.3 Å². The van der Waals surface area contributed by atoms with Gasteiger partial charge in [-0.05, 0) is 36.8 Å². The van der Waals surface area contributed by atoms with Crippen LogP contribution in [0.25, 0.3) is 10.2 Å². The van der Waals surface area contributed by atoms with E-state index in [1.165, 1.54) is 11.8 Å². The molecule has 0 saturated carbocycles. The first kappa shape index (κ1) is 14.2. The van der Waals surface area contributed by atoms with E-state index in [0.717, 1.165) is 15.3 Å². The van der Waals surface area contributed by atoms with Gasteiger partial charge < -0.3 is 4.98 Å². The zero-order valence-electron chi connectivity index (χ0n) is 12.0. The molecule has 0 fully saturated rings. The minimum atomic E-state index is -0.0830. The molecule has 21 heavy (non-hydrogen) atoms. The molecule has 0 spiro atoms. The zero-order valence-corrected chi connectivity index (χ0v) is 13.7. The van der Waals surface area contributed by atoms with E-state index in [1.54, 1.807) is 23.1 Å². The predicted octanol–water partition coefficient (Wildman–Crippen LogP) is 1.98. The van der Waals surface area contributed by atoms with Crippen molar-refractivity contribution in [2.45, 2.75) is 31.2 Å². The standard InChI is InChI=1S/C12H14N6OS2/c1-5-6(2)20-11-8(5)10(19)13-9(14-11)7(3)21-12-15-16-17-18(12)4/h7H,1-4H3,(H,13,14,19)/t7-/m1/s1. The van der Waals surface area contributed by atoms with E-state index in [9.17, 15) is 4.79 Å². The molecule has 3 aromatic rings. The molecule has 1 N–H and O–H groups in total. The number of tetrazole rings is 1. The van der Waals surface area contributed by atoms with Crippen molar-refractivity contribution in [1.29, 1.82) is 0 Å². The van der Waals surface area contributed by atoms with Gasteiger partial charge in [0.1, 0.15) is 10.7 Å². The van der Waals surface area contributed by atoms with Gasteiger partial charge >= 0.3 is 0 Å². The van der Waals surface area contributed by atoms with Crippen molar-refractivity contribution in [3.63, 3.8) is 0 Å². The van der Waals surface area contributed by atoms with Gasteiger partial charge in [-0.1, -0.05) is 11.8 Å². The Morgan fingerprint density at radius 1 is 1.38 bits per heavy atom. The normalized spacial score (nSPS) is 13.0. The van der Waals surface area contributed by atoms with Crippen LogP contribution < -0.4 is 5.56 Å². The smallest absolute Gasteiger partial charge is 0.259 e. The quantitative estimate of drug-likeness (QED) is 0.742. The number of aromatic amines is 1. The van der Waals surface area contributed by atoms with Gasteiger partial charge in [0.15, 0.2) is 0 Å². The third-order valence-corrected chi connectivity index (χ3v) is 5.54. The summed E-state index contributed by atoms with van der Waals surface area (Å²) < 4.78 is 1.59. The fraction of sp³-hybridized carbons (Fsp3) is 0.417. The van der Waals surface area contributed by atoms with Gasteiger partial charge in [-0.3, -0.25) is 4.79 Å². The summed E-state index contributed by atoms with van der Waals surface area (Å²) in [6, 6.07) is 0. The van der Waals surface area contributed by atoms with E-state index in [0.29, 0.717) is 16.4 Å². The second kappa shape index (κ2) is 5.23. The van der Waals surface area contributed by atoms with E-state index >= 15 is 0 Å². The first-order valence-corrected chi connectivity index (χ1v) is 8.06. The number of thiophene rings is 1. The fourth-order valence-electron chi connectivity index (χ4n) is 2.00. The van der Waals surface area contributed by atoms with Gasteiger partial charge in [-0.25, -0.2) is 9.67 Å². The average Bonchev–Trinajstić information content (AvgIpc) is 2.95. The predicted molar refractivity (Wildman–Crippen MR) is 82.8 cm³/mol. The lowest BCUT2D eigenvalue weighted by Crippen LogP contribution is -2.12. The largest absolute Gasteiger partial charge is 0.309 e. The maximum Gasteiger partial charge on any atom is 0.259 e. The molecule has 0 saturated heterocycles. The molecule has 0 aliphatic rings. The Hall–Kier alpha value is -1.74. The third kappa shape index (κ3) is 2.46. The summed E-state index contributed by atoms with van der Waals surface area (Å²) >= 11 is 3.01. The van der Waals surface area contributed by atoms with Crippen LogP contribution in [-0.4, -0.2) is 30.2 Å². The van der Waals surface area contributed by atoms with Gasteiger partial charge in [0, 0.05) is 11.9 Å². The number of aryl methyl sites for hydroxylation is 3. The van der Waals surface area contributed by atoms with Crippen LogP contribution in [0, 0.1) is 13.8 Å². The summed E-state index contributed by atoms with van der Waals surface area (Å²) in [5.41, 5.74) is 0.925. The number of rotatable bonds is 3. The molecule has 0 bridgehead atoms. The summed E-state index contributed by atoms with van der Waals surface area (Å²) in [6.45, 7) is 5.93. The van der Waals surface area contributed by atoms with E-state index in [4.69, 9.17) is 0 Å². The average molecular weight is 322 g/mol. The molecule has 7 nitrogen and oxygen atoms in total. The van der Waals surface area contributed by atoms with Crippen LogP contribution in [0.4, 0.5) is 0 Å². The van der Waals surface area contributed by atoms with Crippen LogP contribution in [0.5, 0.6) is 0 Å². The third-order valence-electron chi connectivity index (χ3n) is 3.31. The number of fused-ring (bicyclic) bond motifs is 1. The Balaban J connectivity index is 2.01. The number of thioether (sulfide) groups is 1. The molecular formula is C12H14N6OS2. The number of hydrogen-bond acceptors (Lipinski definition) is 7. The molecular weight excluding hydrogens is 308 g/mol. The van der Waals surface area contributed by atoms with Crippen LogP contribution in [-0.2, 0) is 7.05 Å². The van der Waals surface area contributed by atoms with Crippen molar-refractivity contribution in [3.05, 3.63) is 26.6 Å². The van der Waals surface area contributed by atoms with E-state index in [1.807, 2.05) is 20.8 Å². The van der Waals surface area contributed by atoms with Crippen molar-refractivity contribution >= 4 is 33.3 Å². The van der Waals surface area contributed by atoms with E-state index in [-0.39, 0.29) is 10.8 Å². The van der Waals surface area contributed by atoms with Gasteiger partial charge in [0.05, 0.1) is 10.6 Å². The summed E-state index contributed by atoms with van der Waals surface area (Å²) in [7, 11) is 1.78. The van der Waals surface area contributed by atoms with Gasteiger partial charge in [-0.15, -0.1) is 16.4 Å². The van der Waals surface area contributed by atoms with Crippen LogP contribution in [0.1, 0.15) is 28.4 Å². The molecule has 0 radical (unpaired) electrons. The Kier molecular flexibility index (Phi) is 3.54. The first-order valence-electron chi connectivity index (χ1n) is 6.36. The summed E-state index contributed by atoms with van der Waals surface area (Å²) in [4.78, 5) is 21.6. The minimum Gasteiger partial charge on any atom is -0.309 e. The van der Waals surface area contributed by atoms with E-state index < -0.39 is 0 Å². The number of H-pyrrole nitrogens is 1. The van der Waals surface area contributed by atoms with Crippen LogP contribution in [0.15, 0.2) is 9.95 Å². The molecule has 1 atom stereocenters. The Morgan fingerprint density at radius 3 is 2.81 bits per heavy atom. The SMILES string of the molecule is Cc1sc2nc([C@@H](C)Sc3nnnn3C)[nH]c(=O)c2c1C. The van der Waals surface area contributed by atoms with Gasteiger partial charge in [0.25, 0.3) is 5.56 Å². The molecule has 0 aromatic carbocycles. The summed E-state index contributed by atoms with van der Waals surface area (Å²) in [6.07, 6.45) is 0. The Morgan fingerprint density at radius 2 is 2.14 bits per heavy atom. The van der Waals surface area contributed by atoms with Crippen molar-refractivity contribution in [2.75, 3.05) is 0 Å². The van der Waals surface area contributed by atoms with Crippen molar-refractivity contribution in [3.8, 4) is 0 Å². The minimum absolute atomic E-state index is 0.0467. The highest BCUT2D eigenvalue weighted by Gasteiger charge is 2.17. The molecule has 3 rings (SSSR count). The highest BCUT2D eigenvalue weighted by Crippen LogP contribution is 2.32. The summed E-state index contributed by atoms with van der Waals surface area (Å²) in [5, 5.41) is 12.7. The highest BCUT2D eigenvalue weighted by molar-refractivity contribution is 7.99. The molecule has 0 amide bonds. The van der Waals surface area contributed by atoms with Gasteiger partial charge in [0.2, 0.25) is 5.16 Å². The Bertz CT molecular complexity index is 864. The summed E-state index contributed by atoms with van der Waals surface area (Å²) in [5.74, 6) is 0.641. The Labute approximate surface area is 128 Å². The zero-order chi connectivity index (χ0) is 15.1. The molecule has 110 valence electrons. The van der Waals surface area contributed by atoms with Crippen LogP contribution >= 0.6 is 23.1 Å². The number of nitrogens with zero attached hydrogens (tertiary/aromatic N) is 5. The monoisotopic (exact) mass is 322 g/mol. The molecule has 0 aliphatic carbocycles. The number of aromatic nitrogens is 6. The molecule has 0 unspecified atom stereocenters. The van der Waals surface area contributed by atoms with Crippen molar-refractivity contribution in [2.24, 2.45) is 7.05 Å². The maximum absolute atomic E-state index is 12.3. The van der Waals surface area contributed by atoms with Crippen molar-refractivity contribution < 1.29 is 0 Å². The molecule has 0 aliphatic heterocycles. The molecule has 3 aromatic heterocycles. The van der Waals surface area contributed by atoms with Crippen LogP contribution in [0.2, 0.25) is 0 Å². The lowest BCUT2D eigenvalue weighted by atomic mass is 10.2. The highest BCUT2D eigenvalue weighted by atomic mass is 32.2. The van der Waals surface area contributed by atoms with Gasteiger partial charge in [-0.2, -0.15) is 0 Å². The van der Waals surface area contributed by atoms with E-state index in [2.05, 4.69) is 25.5 Å². The number of hydrogen-bond donors (Lipinski definition) is 1. The molecule has 3 heterocycles. The number of nitrogens with one attached hydrogen (secondary N) is 1. The molecule has 9 heteroatoms. The fourth-order valence-corrected chi connectivity index (χ4v) is 3.85. The lowest BCUT2D eigenvalue weighted by molar-refractivity contribution is 0.663. The van der Waals surface area contributed by atoms with Crippen LogP contribution in [0.3, 0.4) is 0 Å². The maximum atomic E-state index is 12.3. The second-order valence-electron chi connectivity index (χ2n) is 4.76. The van der Waals surface area contributed by atoms with Crippen molar-refractivity contribution in [1.82, 2.24) is 30.2 Å². The lowest BCUT2D eigenvalue weighted by Gasteiger charge is -2.08. The first-order chi connectivity index (χ1) is 9.97. The second-order valence-corrected chi connectivity index (χ2v) is 7.27.